The van der Waals surface area contributed by atoms with Crippen LogP contribution in [0.3, 0.4) is 0 Å². The maximum Gasteiger partial charge on any atom is 0.188 e. The van der Waals surface area contributed by atoms with Gasteiger partial charge in [-0.2, -0.15) is 0 Å². The molecule has 6 heteroatoms. The van der Waals surface area contributed by atoms with Gasteiger partial charge in [0.1, 0.15) is 11.2 Å². The van der Waals surface area contributed by atoms with Crippen LogP contribution in [-0.2, 0) is 0 Å². The highest BCUT2D eigenvalue weighted by Gasteiger charge is 2.46. The first-order valence-electron chi connectivity index (χ1n) is 22.1. The Morgan fingerprint density at radius 1 is 0.308 bits per heavy atom. The zero-order valence-electron chi connectivity index (χ0n) is 35.0. The van der Waals surface area contributed by atoms with Gasteiger partial charge < -0.3 is 18.0 Å². The molecule has 0 unspecified atom stereocenters. The van der Waals surface area contributed by atoms with Gasteiger partial charge in [0.05, 0.1) is 33.4 Å². The molecule has 0 N–H and O–H groups in total. The molecule has 5 heterocycles. The van der Waals surface area contributed by atoms with E-state index in [2.05, 4.69) is 226 Å². The predicted molar refractivity (Wildman–Crippen MR) is 271 cm³/mol. The lowest BCUT2D eigenvalue weighted by Gasteiger charge is -2.34. The summed E-state index contributed by atoms with van der Waals surface area (Å²) in [4.78, 5) is 4.53. The number of fused-ring (bicyclic) bond motifs is 12. The van der Waals surface area contributed by atoms with Crippen molar-refractivity contribution in [3.63, 3.8) is 0 Å². The molecule has 9 aromatic carbocycles. The number of para-hydroxylation sites is 7. The standard InChI is InChI=1S/C59H37N3O2Si/c1-3-17-38(18-4-1)65(39-19-5-2-6-20-39,54-33-15-26-45-43-24-13-31-52(56(43)63-58(45)54)61-48-28-10-7-21-40(48)41-22-8-11-29-49(41)61)55-34-16-27-46-44-25-14-32-53(57(44)64-59(46)55)62-50-30-12-9-23-42(50)47-37-60-36-35-51(47)62/h1-37H. The number of furan rings is 2. The normalized spacial score (nSPS) is 12.3. The van der Waals surface area contributed by atoms with Crippen molar-refractivity contribution in [1.29, 1.82) is 0 Å². The van der Waals surface area contributed by atoms with Gasteiger partial charge in [0.2, 0.25) is 0 Å². The minimum absolute atomic E-state index is 0.844. The summed E-state index contributed by atoms with van der Waals surface area (Å²) in [5.41, 5.74) is 9.97. The third-order valence-electron chi connectivity index (χ3n) is 13.8. The van der Waals surface area contributed by atoms with Crippen molar-refractivity contribution in [2.45, 2.75) is 0 Å². The van der Waals surface area contributed by atoms with E-state index in [1.165, 1.54) is 26.3 Å². The maximum absolute atomic E-state index is 7.50. The van der Waals surface area contributed by atoms with Crippen LogP contribution in [0.15, 0.2) is 234 Å². The van der Waals surface area contributed by atoms with Crippen LogP contribution in [0.2, 0.25) is 0 Å². The van der Waals surface area contributed by atoms with E-state index in [9.17, 15) is 0 Å². The van der Waals surface area contributed by atoms with Crippen LogP contribution < -0.4 is 20.7 Å². The second-order valence-electron chi connectivity index (χ2n) is 17.0. The first kappa shape index (κ1) is 36.1. The molecule has 0 aliphatic heterocycles. The van der Waals surface area contributed by atoms with E-state index in [0.29, 0.717) is 0 Å². The topological polar surface area (TPSA) is 49.0 Å². The lowest BCUT2D eigenvalue weighted by atomic mass is 10.1. The summed E-state index contributed by atoms with van der Waals surface area (Å²) in [5.74, 6) is 0. The van der Waals surface area contributed by atoms with Crippen LogP contribution >= 0.6 is 0 Å². The van der Waals surface area contributed by atoms with Crippen molar-refractivity contribution in [3.05, 3.63) is 225 Å². The fourth-order valence-electron chi connectivity index (χ4n) is 11.1. The van der Waals surface area contributed by atoms with E-state index < -0.39 is 8.07 Å². The van der Waals surface area contributed by atoms with Gasteiger partial charge in [-0.15, -0.1) is 0 Å². The minimum Gasteiger partial charge on any atom is -0.454 e. The summed E-state index contributed by atoms with van der Waals surface area (Å²) in [5, 5.41) is 13.8. The molecule has 0 saturated heterocycles. The van der Waals surface area contributed by atoms with E-state index >= 15 is 0 Å². The summed E-state index contributed by atoms with van der Waals surface area (Å²) in [6, 6.07) is 76.8. The molecule has 0 saturated carbocycles. The lowest BCUT2D eigenvalue weighted by Crippen LogP contribution is -2.75. The van der Waals surface area contributed by atoms with Crippen molar-refractivity contribution in [3.8, 4) is 11.4 Å². The van der Waals surface area contributed by atoms with Crippen molar-refractivity contribution >= 4 is 116 Å². The Bertz CT molecular complexity index is 3820. The SMILES string of the molecule is c1ccc([Si](c2ccccc2)(c2cccc3c2oc2c(-n4c5ccccc5c5ccccc54)cccc23)c2cccc3c2oc2c(-n4c5ccccc5c5cnccc54)cccc23)cc1. The Hall–Kier alpha value is -8.45. The number of benzene rings is 9. The van der Waals surface area contributed by atoms with Gasteiger partial charge in [-0.05, 0) is 57.1 Å². The Balaban J connectivity index is 1.10. The van der Waals surface area contributed by atoms with Crippen LogP contribution in [0.25, 0.3) is 98.9 Å². The summed E-state index contributed by atoms with van der Waals surface area (Å²) < 4.78 is 19.7. The number of nitrogens with zero attached hydrogens (tertiary/aromatic N) is 3. The van der Waals surface area contributed by atoms with Crippen LogP contribution in [0.1, 0.15) is 0 Å². The van der Waals surface area contributed by atoms with Crippen molar-refractivity contribution in [2.24, 2.45) is 0 Å². The van der Waals surface area contributed by atoms with Crippen LogP contribution in [-0.4, -0.2) is 22.2 Å². The Labute approximate surface area is 373 Å². The first-order valence-corrected chi connectivity index (χ1v) is 24.1. The summed E-state index contributed by atoms with van der Waals surface area (Å²) >= 11 is 0. The average Bonchev–Trinajstić information content (AvgIpc) is 4.14. The molecule has 0 spiro atoms. The van der Waals surface area contributed by atoms with E-state index in [1.54, 1.807) is 0 Å². The van der Waals surface area contributed by atoms with Crippen LogP contribution in [0, 0.1) is 0 Å². The Morgan fingerprint density at radius 2 is 0.677 bits per heavy atom. The highest BCUT2D eigenvalue weighted by Crippen LogP contribution is 2.40. The maximum atomic E-state index is 7.50. The molecule has 14 aromatic rings. The first-order chi connectivity index (χ1) is 32.3. The second kappa shape index (κ2) is 13.8. The number of aromatic nitrogens is 3. The molecule has 0 aliphatic carbocycles. The molecule has 14 rings (SSSR count). The average molecular weight is 848 g/mol. The number of hydrogen-bond acceptors (Lipinski definition) is 3. The van der Waals surface area contributed by atoms with Gasteiger partial charge in [0, 0.05) is 55.5 Å². The second-order valence-corrected chi connectivity index (χ2v) is 20.7. The monoisotopic (exact) mass is 847 g/mol. The third kappa shape index (κ3) is 4.94. The summed E-state index contributed by atoms with van der Waals surface area (Å²) in [6.45, 7) is 0. The predicted octanol–water partition coefficient (Wildman–Crippen LogP) is 12.5. The molecule has 0 aliphatic rings. The highest BCUT2D eigenvalue weighted by atomic mass is 28.3. The number of pyridine rings is 1. The van der Waals surface area contributed by atoms with Gasteiger partial charge >= 0.3 is 0 Å². The summed E-state index contributed by atoms with van der Waals surface area (Å²) in [7, 11) is -3.31. The van der Waals surface area contributed by atoms with Gasteiger partial charge in [-0.3, -0.25) is 4.98 Å². The van der Waals surface area contributed by atoms with Crippen molar-refractivity contribution in [1.82, 2.24) is 14.1 Å². The molecule has 0 amide bonds. The molecule has 0 fully saturated rings. The molecular weight excluding hydrogens is 811 g/mol. The molecule has 304 valence electrons. The zero-order chi connectivity index (χ0) is 42.6. The van der Waals surface area contributed by atoms with Crippen molar-refractivity contribution in [2.75, 3.05) is 0 Å². The molecule has 65 heavy (non-hydrogen) atoms. The molecule has 0 radical (unpaired) electrons. The van der Waals surface area contributed by atoms with Gasteiger partial charge in [0.15, 0.2) is 19.2 Å². The summed E-state index contributed by atoms with van der Waals surface area (Å²) in [6.07, 6.45) is 3.84. The fraction of sp³-hybridized carbons (Fsp3) is 0. The molecular formula is C59H37N3O2Si. The fourth-order valence-corrected chi connectivity index (χ4v) is 16.1. The van der Waals surface area contributed by atoms with E-state index in [1.807, 2.05) is 12.4 Å². The molecule has 0 bridgehead atoms. The van der Waals surface area contributed by atoms with Gasteiger partial charge in [0.25, 0.3) is 0 Å². The van der Waals surface area contributed by atoms with Crippen LogP contribution in [0.5, 0.6) is 0 Å². The molecule has 0 atom stereocenters. The minimum atomic E-state index is -3.31. The van der Waals surface area contributed by atoms with Gasteiger partial charge in [-0.25, -0.2) is 0 Å². The van der Waals surface area contributed by atoms with E-state index in [4.69, 9.17) is 8.83 Å². The molecule has 5 aromatic heterocycles. The largest absolute Gasteiger partial charge is 0.454 e. The van der Waals surface area contributed by atoms with Crippen molar-refractivity contribution < 1.29 is 8.83 Å². The lowest BCUT2D eigenvalue weighted by molar-refractivity contribution is 0.668. The zero-order valence-corrected chi connectivity index (χ0v) is 36.0. The Morgan fingerprint density at radius 3 is 1.15 bits per heavy atom. The smallest absolute Gasteiger partial charge is 0.188 e. The van der Waals surface area contributed by atoms with Crippen LogP contribution in [0.4, 0.5) is 0 Å². The number of rotatable bonds is 6. The quantitative estimate of drug-likeness (QED) is 0.124. The highest BCUT2D eigenvalue weighted by molar-refractivity contribution is 7.21. The van der Waals surface area contributed by atoms with E-state index in [0.717, 1.165) is 93.3 Å². The Kier molecular flexibility index (Phi) is 7.64. The van der Waals surface area contributed by atoms with Gasteiger partial charge in [-0.1, -0.05) is 176 Å². The molecule has 5 nitrogen and oxygen atoms in total. The van der Waals surface area contributed by atoms with E-state index in [-0.39, 0.29) is 0 Å². The number of hydrogen-bond donors (Lipinski definition) is 0. The third-order valence-corrected chi connectivity index (χ3v) is 18.6.